The number of aliphatic hydroxyl groups is 1. The first-order valence-corrected chi connectivity index (χ1v) is 11.1. The summed E-state index contributed by atoms with van der Waals surface area (Å²) >= 11 is 0. The van der Waals surface area contributed by atoms with E-state index in [0.717, 1.165) is 54.9 Å². The average molecular weight is 352 g/mol. The van der Waals surface area contributed by atoms with Crippen molar-refractivity contribution in [3.05, 3.63) is 0 Å². The summed E-state index contributed by atoms with van der Waals surface area (Å²) in [6.45, 7) is 20.6. The van der Waals surface area contributed by atoms with Gasteiger partial charge in [-0.05, 0) is 79.1 Å². The first-order chi connectivity index (χ1) is 11.7. The molecule has 2 rings (SSSR count). The quantitative estimate of drug-likeness (QED) is 0.688. The fourth-order valence-electron chi connectivity index (χ4n) is 6.91. The largest absolute Gasteiger partial charge is 0.391 e. The molecule has 1 aliphatic carbocycles. The van der Waals surface area contributed by atoms with Crippen LogP contribution in [0.1, 0.15) is 74.7 Å². The highest BCUT2D eigenvalue weighted by Gasteiger charge is 2.50. The van der Waals surface area contributed by atoms with E-state index in [0.29, 0.717) is 23.8 Å². The van der Waals surface area contributed by atoms with Gasteiger partial charge in [0.25, 0.3) is 0 Å². The number of aliphatic hydroxyl groups excluding tert-OH is 1. The van der Waals surface area contributed by atoms with Crippen molar-refractivity contribution in [2.24, 2.45) is 53.3 Å². The summed E-state index contributed by atoms with van der Waals surface area (Å²) in [4.78, 5) is 0. The standard InChI is InChI=1S/C23H45NO/c1-13(2)21-16(7)18(12-20(25)19-10-9-11-24-19)17(8)22(14(3)4)23(21)15(5)6/h13-25H,9-12H2,1-8H3/t16?,17?,18?,19-,20+,21?,22?,23?/m0/s1. The number of hydrogen-bond donors (Lipinski definition) is 2. The molecule has 1 saturated carbocycles. The minimum absolute atomic E-state index is 0.173. The second-order valence-corrected chi connectivity index (χ2v) is 10.4. The van der Waals surface area contributed by atoms with Crippen molar-refractivity contribution in [1.82, 2.24) is 5.32 Å². The second-order valence-electron chi connectivity index (χ2n) is 10.4. The van der Waals surface area contributed by atoms with Crippen LogP contribution >= 0.6 is 0 Å². The third kappa shape index (κ3) is 4.43. The average Bonchev–Trinajstić information content (AvgIpc) is 3.03. The minimum atomic E-state index is -0.173. The molecule has 1 heterocycles. The lowest BCUT2D eigenvalue weighted by atomic mass is 9.50. The molecule has 2 heteroatoms. The molecule has 6 atom stereocenters. The number of hydrogen-bond acceptors (Lipinski definition) is 2. The van der Waals surface area contributed by atoms with Crippen LogP contribution in [0.15, 0.2) is 0 Å². The third-order valence-corrected chi connectivity index (χ3v) is 7.84. The first kappa shape index (κ1) is 21.2. The smallest absolute Gasteiger partial charge is 0.0696 e. The highest BCUT2D eigenvalue weighted by Crippen LogP contribution is 2.54. The Morgan fingerprint density at radius 2 is 1.32 bits per heavy atom. The fourth-order valence-corrected chi connectivity index (χ4v) is 6.91. The van der Waals surface area contributed by atoms with E-state index in [1.54, 1.807) is 0 Å². The molecule has 2 aliphatic rings. The molecular formula is C23H45NO. The van der Waals surface area contributed by atoms with Crippen LogP contribution in [0.4, 0.5) is 0 Å². The van der Waals surface area contributed by atoms with Gasteiger partial charge >= 0.3 is 0 Å². The number of rotatable bonds is 6. The predicted molar refractivity (Wildman–Crippen MR) is 108 cm³/mol. The summed E-state index contributed by atoms with van der Waals surface area (Å²) in [6.07, 6.45) is 3.17. The minimum Gasteiger partial charge on any atom is -0.391 e. The second kappa shape index (κ2) is 8.74. The van der Waals surface area contributed by atoms with Crippen molar-refractivity contribution >= 4 is 0 Å². The van der Waals surface area contributed by atoms with Gasteiger partial charge in [-0.25, -0.2) is 0 Å². The first-order valence-electron chi connectivity index (χ1n) is 11.1. The highest BCUT2D eigenvalue weighted by molar-refractivity contribution is 4.98. The maximum atomic E-state index is 10.9. The summed E-state index contributed by atoms with van der Waals surface area (Å²) in [7, 11) is 0. The summed E-state index contributed by atoms with van der Waals surface area (Å²) < 4.78 is 0. The lowest BCUT2D eigenvalue weighted by Gasteiger charge is -2.55. The molecule has 1 saturated heterocycles. The summed E-state index contributed by atoms with van der Waals surface area (Å²) in [5.41, 5.74) is 0. The van der Waals surface area contributed by atoms with Crippen molar-refractivity contribution in [1.29, 1.82) is 0 Å². The van der Waals surface area contributed by atoms with Gasteiger partial charge in [-0.3, -0.25) is 0 Å². The van der Waals surface area contributed by atoms with Gasteiger partial charge in [-0.2, -0.15) is 0 Å². The summed E-state index contributed by atoms with van der Waals surface area (Å²) in [5.74, 6) is 6.60. The summed E-state index contributed by atoms with van der Waals surface area (Å²) in [6, 6.07) is 0.331. The van der Waals surface area contributed by atoms with E-state index in [-0.39, 0.29) is 6.10 Å². The van der Waals surface area contributed by atoms with Crippen LogP contribution in [-0.2, 0) is 0 Å². The van der Waals surface area contributed by atoms with E-state index in [2.05, 4.69) is 60.7 Å². The molecule has 0 spiro atoms. The van der Waals surface area contributed by atoms with E-state index in [1.165, 1.54) is 6.42 Å². The molecule has 2 fully saturated rings. The van der Waals surface area contributed by atoms with Gasteiger partial charge in [0, 0.05) is 6.04 Å². The molecule has 25 heavy (non-hydrogen) atoms. The van der Waals surface area contributed by atoms with Crippen LogP contribution in [0.5, 0.6) is 0 Å². The fraction of sp³-hybridized carbons (Fsp3) is 1.00. The Morgan fingerprint density at radius 3 is 1.68 bits per heavy atom. The van der Waals surface area contributed by atoms with Crippen molar-refractivity contribution < 1.29 is 5.11 Å². The van der Waals surface area contributed by atoms with Gasteiger partial charge in [0.15, 0.2) is 0 Å². The van der Waals surface area contributed by atoms with Crippen molar-refractivity contribution in [3.63, 3.8) is 0 Å². The molecule has 4 unspecified atom stereocenters. The van der Waals surface area contributed by atoms with Crippen LogP contribution in [-0.4, -0.2) is 23.8 Å². The zero-order chi connectivity index (χ0) is 18.9. The molecule has 0 aromatic rings. The van der Waals surface area contributed by atoms with Crippen molar-refractivity contribution in [2.45, 2.75) is 86.8 Å². The van der Waals surface area contributed by atoms with Crippen LogP contribution in [0.2, 0.25) is 0 Å². The molecule has 0 radical (unpaired) electrons. The van der Waals surface area contributed by atoms with E-state index >= 15 is 0 Å². The number of nitrogens with one attached hydrogen (secondary N) is 1. The highest BCUT2D eigenvalue weighted by atomic mass is 16.3. The van der Waals surface area contributed by atoms with E-state index < -0.39 is 0 Å². The van der Waals surface area contributed by atoms with Crippen molar-refractivity contribution in [3.8, 4) is 0 Å². The van der Waals surface area contributed by atoms with E-state index in [1.807, 2.05) is 0 Å². The Bertz CT molecular complexity index is 377. The lowest BCUT2D eigenvalue weighted by molar-refractivity contribution is -0.0810. The normalized spacial score (nSPS) is 41.0. The third-order valence-electron chi connectivity index (χ3n) is 7.84. The predicted octanol–water partition coefficient (Wildman–Crippen LogP) is 5.21. The van der Waals surface area contributed by atoms with Gasteiger partial charge < -0.3 is 10.4 Å². The molecular weight excluding hydrogens is 306 g/mol. The van der Waals surface area contributed by atoms with Crippen LogP contribution in [0.3, 0.4) is 0 Å². The monoisotopic (exact) mass is 351 g/mol. The maximum Gasteiger partial charge on any atom is 0.0696 e. The molecule has 0 aromatic carbocycles. The van der Waals surface area contributed by atoms with Gasteiger partial charge in [0.1, 0.15) is 0 Å². The molecule has 148 valence electrons. The van der Waals surface area contributed by atoms with Crippen LogP contribution in [0, 0.1) is 53.3 Å². The lowest BCUT2D eigenvalue weighted by Crippen LogP contribution is -2.51. The Balaban J connectivity index is 2.26. The molecule has 2 nitrogen and oxygen atoms in total. The molecule has 0 amide bonds. The Labute approximate surface area is 157 Å². The Kier molecular flexibility index (Phi) is 7.42. The summed E-state index contributed by atoms with van der Waals surface area (Å²) in [5, 5.41) is 14.4. The van der Waals surface area contributed by atoms with Gasteiger partial charge in [0.2, 0.25) is 0 Å². The molecule has 0 aromatic heterocycles. The van der Waals surface area contributed by atoms with E-state index in [4.69, 9.17) is 0 Å². The van der Waals surface area contributed by atoms with E-state index in [9.17, 15) is 5.11 Å². The van der Waals surface area contributed by atoms with Crippen LogP contribution < -0.4 is 5.32 Å². The zero-order valence-electron chi connectivity index (χ0n) is 18.1. The van der Waals surface area contributed by atoms with Gasteiger partial charge in [0.05, 0.1) is 6.10 Å². The molecule has 1 aliphatic heterocycles. The maximum absolute atomic E-state index is 10.9. The molecule has 0 bridgehead atoms. The molecule has 2 N–H and O–H groups in total. The SMILES string of the molecule is CC(C)C1C(C)C(C[C@@H](O)[C@@H]2CCCN2)C(C)C(C(C)C)C1C(C)C. The zero-order valence-corrected chi connectivity index (χ0v) is 18.1. The van der Waals surface area contributed by atoms with Gasteiger partial charge in [-0.1, -0.05) is 55.4 Å². The van der Waals surface area contributed by atoms with Gasteiger partial charge in [-0.15, -0.1) is 0 Å². The van der Waals surface area contributed by atoms with Crippen molar-refractivity contribution in [2.75, 3.05) is 6.54 Å². The topological polar surface area (TPSA) is 32.3 Å². The Hall–Kier alpha value is -0.0800. The van der Waals surface area contributed by atoms with Crippen LogP contribution in [0.25, 0.3) is 0 Å². The Morgan fingerprint density at radius 1 is 0.840 bits per heavy atom.